The molecule has 70 valence electrons. The molecule has 2 fully saturated rings. The zero-order valence-electron chi connectivity index (χ0n) is 8.96. The van der Waals surface area contributed by atoms with Crippen LogP contribution in [0.2, 0.25) is 0 Å². The lowest BCUT2D eigenvalue weighted by atomic mass is 9.89. The monoisotopic (exact) mass is 167 g/mol. The highest BCUT2D eigenvalue weighted by atomic mass is 15.4. The molecule has 0 aromatic heterocycles. The molecule has 0 radical (unpaired) electrons. The summed E-state index contributed by atoms with van der Waals surface area (Å²) < 4.78 is 0. The van der Waals surface area contributed by atoms with E-state index in [4.69, 9.17) is 0 Å². The van der Waals surface area contributed by atoms with Crippen molar-refractivity contribution in [2.75, 3.05) is 7.05 Å². The molecule has 0 amide bonds. The number of hydrogen-bond donors (Lipinski definition) is 0. The van der Waals surface area contributed by atoms with Gasteiger partial charge < -0.3 is 0 Å². The molecule has 0 aromatic carbocycles. The predicted octanol–water partition coefficient (Wildman–Crippen LogP) is 2.37. The first kappa shape index (κ1) is 8.55. The Kier molecular flexibility index (Phi) is 1.61. The highest BCUT2D eigenvalue weighted by Gasteiger charge is 2.65. The van der Waals surface area contributed by atoms with Gasteiger partial charge in [-0.05, 0) is 38.1 Å². The molecule has 1 spiro atoms. The minimum absolute atomic E-state index is 0.596. The Bertz CT molecular complexity index is 191. The van der Waals surface area contributed by atoms with Gasteiger partial charge in [0.25, 0.3) is 0 Å². The Morgan fingerprint density at radius 2 is 1.67 bits per heavy atom. The predicted molar refractivity (Wildman–Crippen MR) is 52.1 cm³/mol. The number of hydrogen-bond acceptors (Lipinski definition) is 1. The third-order valence-corrected chi connectivity index (χ3v) is 5.02. The molecule has 12 heavy (non-hydrogen) atoms. The molecule has 1 aliphatic carbocycles. The highest BCUT2D eigenvalue weighted by molar-refractivity contribution is 5.20. The van der Waals surface area contributed by atoms with Gasteiger partial charge in [0, 0.05) is 11.6 Å². The Balaban J connectivity index is 2.21. The molecular formula is C11H21N. The van der Waals surface area contributed by atoms with Crippen LogP contribution in [-0.4, -0.2) is 23.5 Å². The third-order valence-electron chi connectivity index (χ3n) is 5.02. The van der Waals surface area contributed by atoms with Gasteiger partial charge in [0.2, 0.25) is 0 Å². The maximum Gasteiger partial charge on any atom is 0.0393 e. The van der Waals surface area contributed by atoms with E-state index >= 15 is 0 Å². The largest absolute Gasteiger partial charge is 0.294 e. The molecule has 6 atom stereocenters. The normalized spacial score (nSPS) is 64.2. The van der Waals surface area contributed by atoms with E-state index in [9.17, 15) is 0 Å². The summed E-state index contributed by atoms with van der Waals surface area (Å²) in [7, 11) is 2.28. The maximum atomic E-state index is 2.57. The molecule has 1 heteroatoms. The average molecular weight is 167 g/mol. The fraction of sp³-hybridized carbons (Fsp3) is 1.00. The summed E-state index contributed by atoms with van der Waals surface area (Å²) in [5.41, 5.74) is 0.596. The lowest BCUT2D eigenvalue weighted by Gasteiger charge is -2.17. The van der Waals surface area contributed by atoms with Crippen LogP contribution in [0, 0.1) is 17.8 Å². The molecule has 6 unspecified atom stereocenters. The Morgan fingerprint density at radius 1 is 1.17 bits per heavy atom. The van der Waals surface area contributed by atoms with E-state index in [2.05, 4.69) is 39.6 Å². The zero-order chi connectivity index (χ0) is 9.09. The molecule has 0 aromatic rings. The van der Waals surface area contributed by atoms with Gasteiger partial charge in [-0.3, -0.25) is 4.90 Å². The van der Waals surface area contributed by atoms with E-state index in [-0.39, 0.29) is 0 Å². The van der Waals surface area contributed by atoms with Gasteiger partial charge in [-0.1, -0.05) is 20.8 Å². The van der Waals surface area contributed by atoms with Gasteiger partial charge >= 0.3 is 0 Å². The minimum atomic E-state index is 0.596. The van der Waals surface area contributed by atoms with Crippen molar-refractivity contribution in [3.05, 3.63) is 0 Å². The first-order valence-corrected chi connectivity index (χ1v) is 5.24. The van der Waals surface area contributed by atoms with Crippen LogP contribution < -0.4 is 0 Å². The molecule has 2 aliphatic rings. The second kappa shape index (κ2) is 2.25. The molecule has 1 saturated carbocycles. The summed E-state index contributed by atoms with van der Waals surface area (Å²) in [6.45, 7) is 9.65. The van der Waals surface area contributed by atoms with Crippen molar-refractivity contribution in [1.82, 2.24) is 4.90 Å². The number of rotatable bonds is 0. The first-order chi connectivity index (χ1) is 5.51. The molecule has 0 bridgehead atoms. The molecule has 1 aliphatic heterocycles. The van der Waals surface area contributed by atoms with Gasteiger partial charge in [0.15, 0.2) is 0 Å². The molecule has 0 N–H and O–H groups in total. The van der Waals surface area contributed by atoms with Crippen LogP contribution in [0.5, 0.6) is 0 Å². The van der Waals surface area contributed by atoms with E-state index in [1.165, 1.54) is 6.42 Å². The minimum Gasteiger partial charge on any atom is -0.294 e. The fourth-order valence-corrected chi connectivity index (χ4v) is 3.53. The van der Waals surface area contributed by atoms with Crippen LogP contribution in [0.3, 0.4) is 0 Å². The molecule has 2 rings (SSSR count). The lowest BCUT2D eigenvalue weighted by molar-refractivity contribution is 0.327. The smallest absolute Gasteiger partial charge is 0.0393 e. The van der Waals surface area contributed by atoms with Crippen molar-refractivity contribution in [3.63, 3.8) is 0 Å². The summed E-state index contributed by atoms with van der Waals surface area (Å²) in [6, 6.07) is 0.833. The molecule has 1 nitrogen and oxygen atoms in total. The Labute approximate surface area is 76.1 Å². The Hall–Kier alpha value is -0.0400. The third kappa shape index (κ3) is 0.736. The zero-order valence-corrected chi connectivity index (χ0v) is 8.96. The van der Waals surface area contributed by atoms with Crippen LogP contribution in [-0.2, 0) is 0 Å². The molecule has 1 heterocycles. The van der Waals surface area contributed by atoms with Crippen molar-refractivity contribution in [3.8, 4) is 0 Å². The highest BCUT2D eigenvalue weighted by Crippen LogP contribution is 2.58. The second-order valence-corrected chi connectivity index (χ2v) is 5.11. The second-order valence-electron chi connectivity index (χ2n) is 5.11. The Morgan fingerprint density at radius 3 is 1.83 bits per heavy atom. The fourth-order valence-electron chi connectivity index (χ4n) is 3.53. The number of nitrogens with zero attached hydrogens (tertiary/aromatic N) is 1. The summed E-state index contributed by atoms with van der Waals surface area (Å²) >= 11 is 0. The van der Waals surface area contributed by atoms with Crippen LogP contribution in [0.1, 0.15) is 34.1 Å². The van der Waals surface area contributed by atoms with Crippen LogP contribution in [0.15, 0.2) is 0 Å². The summed E-state index contributed by atoms with van der Waals surface area (Å²) in [4.78, 5) is 2.57. The van der Waals surface area contributed by atoms with E-state index < -0.39 is 0 Å². The van der Waals surface area contributed by atoms with Crippen molar-refractivity contribution in [1.29, 1.82) is 0 Å². The average Bonchev–Trinajstić information content (AvgIpc) is 2.46. The summed E-state index contributed by atoms with van der Waals surface area (Å²) in [5.74, 6) is 2.73. The van der Waals surface area contributed by atoms with E-state index in [1.54, 1.807) is 0 Å². The lowest BCUT2D eigenvalue weighted by Crippen LogP contribution is -2.23. The SMILES string of the molecule is CC1CC2(C(C)C1C)C(C)N2C. The maximum absolute atomic E-state index is 2.57. The van der Waals surface area contributed by atoms with Crippen molar-refractivity contribution in [2.45, 2.75) is 45.7 Å². The van der Waals surface area contributed by atoms with Crippen LogP contribution in [0.4, 0.5) is 0 Å². The van der Waals surface area contributed by atoms with E-state index in [0.717, 1.165) is 23.8 Å². The summed E-state index contributed by atoms with van der Waals surface area (Å²) in [6.07, 6.45) is 1.42. The molecular weight excluding hydrogens is 146 g/mol. The van der Waals surface area contributed by atoms with Crippen molar-refractivity contribution in [2.24, 2.45) is 17.8 Å². The van der Waals surface area contributed by atoms with Gasteiger partial charge in [0.1, 0.15) is 0 Å². The van der Waals surface area contributed by atoms with Crippen LogP contribution in [0.25, 0.3) is 0 Å². The van der Waals surface area contributed by atoms with Gasteiger partial charge in [-0.15, -0.1) is 0 Å². The van der Waals surface area contributed by atoms with Crippen LogP contribution >= 0.6 is 0 Å². The van der Waals surface area contributed by atoms with Gasteiger partial charge in [0.05, 0.1) is 0 Å². The van der Waals surface area contributed by atoms with Gasteiger partial charge in [-0.25, -0.2) is 0 Å². The topological polar surface area (TPSA) is 3.01 Å². The first-order valence-electron chi connectivity index (χ1n) is 5.24. The molecule has 1 saturated heterocycles. The van der Waals surface area contributed by atoms with Crippen molar-refractivity contribution >= 4 is 0 Å². The van der Waals surface area contributed by atoms with Gasteiger partial charge in [-0.2, -0.15) is 0 Å². The summed E-state index contributed by atoms with van der Waals surface area (Å²) in [5, 5.41) is 0. The van der Waals surface area contributed by atoms with E-state index in [1.807, 2.05) is 0 Å². The standard InChI is InChI=1S/C11H21N/c1-7-6-11(9(3)8(7)2)10(4)12(11)5/h7-10H,6H2,1-5H3. The quantitative estimate of drug-likeness (QED) is 0.501. The van der Waals surface area contributed by atoms with Crippen molar-refractivity contribution < 1.29 is 0 Å². The number of likely N-dealkylation sites (N-methyl/N-ethyl adjacent to an activating group) is 1. The van der Waals surface area contributed by atoms with E-state index in [0.29, 0.717) is 5.54 Å².